The van der Waals surface area contributed by atoms with Crippen molar-refractivity contribution in [2.75, 3.05) is 5.73 Å². The van der Waals surface area contributed by atoms with Crippen molar-refractivity contribution in [1.82, 2.24) is 19.5 Å². The molecule has 0 unspecified atom stereocenters. The minimum Gasteiger partial charge on any atom is -0.369 e. The second-order valence-electron chi connectivity index (χ2n) is 5.06. The molecule has 0 aromatic carbocycles. The summed E-state index contributed by atoms with van der Waals surface area (Å²) in [4.78, 5) is 13.3. The van der Waals surface area contributed by atoms with E-state index in [0.29, 0.717) is 5.95 Å². The molecule has 0 atom stereocenters. The molecule has 0 saturated heterocycles. The average Bonchev–Trinajstić information content (AvgIpc) is 2.94. The molecule has 3 rings (SSSR count). The van der Waals surface area contributed by atoms with Crippen LogP contribution in [0.25, 0.3) is 11.2 Å². The first-order valence-corrected chi connectivity index (χ1v) is 6.89. The molecule has 0 saturated carbocycles. The van der Waals surface area contributed by atoms with Gasteiger partial charge in [0.25, 0.3) is 0 Å². The summed E-state index contributed by atoms with van der Waals surface area (Å²) in [7, 11) is 0. The highest BCUT2D eigenvalue weighted by Gasteiger charge is 2.30. The maximum atomic E-state index is 6.08. The molecule has 19 heavy (non-hydrogen) atoms. The van der Waals surface area contributed by atoms with E-state index in [1.807, 2.05) is 29.1 Å². The van der Waals surface area contributed by atoms with Gasteiger partial charge in [0.2, 0.25) is 5.95 Å². The lowest BCUT2D eigenvalue weighted by molar-refractivity contribution is 0.450. The number of hydrogen-bond acceptors (Lipinski definition) is 5. The maximum absolute atomic E-state index is 6.08. The molecule has 3 aromatic heterocycles. The summed E-state index contributed by atoms with van der Waals surface area (Å²) in [6.07, 6.45) is 3.63. The third kappa shape index (κ3) is 1.79. The predicted molar refractivity (Wildman–Crippen MR) is 77.2 cm³/mol. The lowest BCUT2D eigenvalue weighted by Crippen LogP contribution is -2.29. The predicted octanol–water partition coefficient (Wildman–Crippen LogP) is 2.56. The molecule has 98 valence electrons. The fourth-order valence-corrected chi connectivity index (χ4v) is 3.01. The topological polar surface area (TPSA) is 69.6 Å². The van der Waals surface area contributed by atoms with Crippen molar-refractivity contribution in [2.24, 2.45) is 0 Å². The van der Waals surface area contributed by atoms with Crippen molar-refractivity contribution in [3.05, 3.63) is 34.4 Å². The van der Waals surface area contributed by atoms with E-state index in [4.69, 9.17) is 5.73 Å². The standard InChI is InChI=1S/C13H15N5S/c1-8-6-9-10(16-7-8)18(12(14)17-9)13(2,3)11-15-4-5-19-11/h4-7H,1-3H3,(H2,14,17). The van der Waals surface area contributed by atoms with Crippen molar-refractivity contribution in [3.63, 3.8) is 0 Å². The Morgan fingerprint density at radius 2 is 2.11 bits per heavy atom. The van der Waals surface area contributed by atoms with Crippen LogP contribution >= 0.6 is 11.3 Å². The Hall–Kier alpha value is -1.95. The van der Waals surface area contributed by atoms with Gasteiger partial charge in [-0.2, -0.15) is 0 Å². The molecule has 0 amide bonds. The highest BCUT2D eigenvalue weighted by molar-refractivity contribution is 7.09. The number of thiazole rings is 1. The molecule has 3 aromatic rings. The Labute approximate surface area is 115 Å². The van der Waals surface area contributed by atoms with Crippen LogP contribution in [-0.2, 0) is 5.54 Å². The van der Waals surface area contributed by atoms with Crippen molar-refractivity contribution < 1.29 is 0 Å². The number of nitrogens with two attached hydrogens (primary N) is 1. The first-order valence-electron chi connectivity index (χ1n) is 6.01. The zero-order valence-corrected chi connectivity index (χ0v) is 11.9. The second-order valence-corrected chi connectivity index (χ2v) is 5.95. The summed E-state index contributed by atoms with van der Waals surface area (Å²) in [5, 5.41) is 2.95. The van der Waals surface area contributed by atoms with Crippen LogP contribution in [0.2, 0.25) is 0 Å². The van der Waals surface area contributed by atoms with Crippen LogP contribution in [-0.4, -0.2) is 19.5 Å². The van der Waals surface area contributed by atoms with Crippen LogP contribution in [0.5, 0.6) is 0 Å². The number of imidazole rings is 1. The number of nitrogens with zero attached hydrogens (tertiary/aromatic N) is 4. The molecular weight excluding hydrogens is 258 g/mol. The van der Waals surface area contributed by atoms with Crippen LogP contribution in [0.15, 0.2) is 23.8 Å². The first kappa shape index (κ1) is 12.1. The van der Waals surface area contributed by atoms with Gasteiger partial charge in [-0.3, -0.25) is 4.57 Å². The monoisotopic (exact) mass is 273 g/mol. The van der Waals surface area contributed by atoms with Gasteiger partial charge in [-0.05, 0) is 32.4 Å². The number of hydrogen-bond donors (Lipinski definition) is 1. The molecule has 6 heteroatoms. The molecule has 0 fully saturated rings. The third-order valence-electron chi connectivity index (χ3n) is 3.17. The first-order chi connectivity index (χ1) is 9.00. The minimum absolute atomic E-state index is 0.366. The van der Waals surface area contributed by atoms with Crippen LogP contribution in [0.3, 0.4) is 0 Å². The minimum atomic E-state index is -0.366. The van der Waals surface area contributed by atoms with Crippen molar-refractivity contribution >= 4 is 28.4 Å². The van der Waals surface area contributed by atoms with Gasteiger partial charge in [-0.1, -0.05) is 0 Å². The van der Waals surface area contributed by atoms with E-state index in [9.17, 15) is 0 Å². The van der Waals surface area contributed by atoms with E-state index in [0.717, 1.165) is 21.7 Å². The van der Waals surface area contributed by atoms with Gasteiger partial charge in [0.15, 0.2) is 5.65 Å². The Morgan fingerprint density at radius 1 is 1.32 bits per heavy atom. The molecule has 0 radical (unpaired) electrons. The highest BCUT2D eigenvalue weighted by Crippen LogP contribution is 2.32. The lowest BCUT2D eigenvalue weighted by Gasteiger charge is -2.25. The SMILES string of the molecule is Cc1cnc2c(c1)nc(N)n2C(C)(C)c1nccs1. The number of rotatable bonds is 2. The summed E-state index contributed by atoms with van der Waals surface area (Å²) in [5.41, 5.74) is 8.41. The molecule has 3 heterocycles. The van der Waals surface area contributed by atoms with E-state index in [1.54, 1.807) is 17.5 Å². The molecule has 5 nitrogen and oxygen atoms in total. The number of aromatic nitrogens is 4. The fourth-order valence-electron chi connectivity index (χ4n) is 2.26. The Balaban J connectivity index is 2.28. The van der Waals surface area contributed by atoms with Crippen LogP contribution in [0.1, 0.15) is 24.4 Å². The Kier molecular flexibility index (Phi) is 2.56. The average molecular weight is 273 g/mol. The maximum Gasteiger partial charge on any atom is 0.203 e. The van der Waals surface area contributed by atoms with Gasteiger partial charge in [-0.25, -0.2) is 15.0 Å². The van der Waals surface area contributed by atoms with Gasteiger partial charge in [-0.15, -0.1) is 11.3 Å². The van der Waals surface area contributed by atoms with Gasteiger partial charge in [0.05, 0.1) is 5.54 Å². The number of aryl methyl sites for hydroxylation is 1. The molecular formula is C13H15N5S. The van der Waals surface area contributed by atoms with Crippen molar-refractivity contribution in [1.29, 1.82) is 0 Å². The largest absolute Gasteiger partial charge is 0.369 e. The van der Waals surface area contributed by atoms with E-state index in [1.165, 1.54) is 0 Å². The molecule has 0 aliphatic heterocycles. The molecule has 0 aliphatic carbocycles. The van der Waals surface area contributed by atoms with Gasteiger partial charge >= 0.3 is 0 Å². The summed E-state index contributed by atoms with van der Waals surface area (Å²) in [6, 6.07) is 1.99. The second kappa shape index (κ2) is 4.03. The number of fused-ring (bicyclic) bond motifs is 1. The molecule has 2 N–H and O–H groups in total. The van der Waals surface area contributed by atoms with Crippen LogP contribution < -0.4 is 5.73 Å². The molecule has 0 bridgehead atoms. The zero-order chi connectivity index (χ0) is 13.6. The van der Waals surface area contributed by atoms with E-state index in [-0.39, 0.29) is 5.54 Å². The molecule has 0 spiro atoms. The summed E-state index contributed by atoms with van der Waals surface area (Å²) in [5.74, 6) is 0.466. The smallest absolute Gasteiger partial charge is 0.203 e. The van der Waals surface area contributed by atoms with Gasteiger partial charge in [0.1, 0.15) is 10.5 Å². The Bertz CT molecular complexity index is 727. The lowest BCUT2D eigenvalue weighted by atomic mass is 10.1. The fraction of sp³-hybridized carbons (Fsp3) is 0.308. The summed E-state index contributed by atoms with van der Waals surface area (Å²) < 4.78 is 1.95. The van der Waals surface area contributed by atoms with E-state index < -0.39 is 0 Å². The van der Waals surface area contributed by atoms with Gasteiger partial charge in [0, 0.05) is 17.8 Å². The number of anilines is 1. The van der Waals surface area contributed by atoms with Crippen LogP contribution in [0, 0.1) is 6.92 Å². The number of nitrogen functional groups attached to an aromatic ring is 1. The normalized spacial score (nSPS) is 12.2. The number of pyridine rings is 1. The Morgan fingerprint density at radius 3 is 2.79 bits per heavy atom. The van der Waals surface area contributed by atoms with Crippen molar-refractivity contribution in [2.45, 2.75) is 26.3 Å². The van der Waals surface area contributed by atoms with E-state index >= 15 is 0 Å². The quantitative estimate of drug-likeness (QED) is 0.779. The summed E-state index contributed by atoms with van der Waals surface area (Å²) in [6.45, 7) is 6.14. The van der Waals surface area contributed by atoms with Crippen LogP contribution in [0.4, 0.5) is 5.95 Å². The molecule has 0 aliphatic rings. The summed E-state index contributed by atoms with van der Waals surface area (Å²) >= 11 is 1.61. The zero-order valence-electron chi connectivity index (χ0n) is 11.1. The van der Waals surface area contributed by atoms with Crippen molar-refractivity contribution in [3.8, 4) is 0 Å². The van der Waals surface area contributed by atoms with E-state index in [2.05, 4.69) is 28.8 Å². The highest BCUT2D eigenvalue weighted by atomic mass is 32.1. The van der Waals surface area contributed by atoms with Gasteiger partial charge < -0.3 is 5.73 Å². The third-order valence-corrected chi connectivity index (χ3v) is 4.26.